The number of hydrogen-bond donors (Lipinski definition) is 3. The van der Waals surface area contributed by atoms with Crippen molar-refractivity contribution >= 4 is 11.3 Å². The summed E-state index contributed by atoms with van der Waals surface area (Å²) in [6.07, 6.45) is 2.73. The molecule has 2 rings (SSSR count). The third-order valence-corrected chi connectivity index (χ3v) is 4.21. The molecule has 1 atom stereocenters. The maximum atomic E-state index is 9.38. The number of aliphatic hydroxyl groups is 1. The fraction of sp³-hybridized carbons (Fsp3) is 0.462. The molecule has 0 aliphatic heterocycles. The number of aromatic nitrogens is 2. The molecule has 2 heterocycles. The number of hydrogen-bond acceptors (Lipinski definition) is 4. The molecule has 0 fully saturated rings. The fourth-order valence-electron chi connectivity index (χ4n) is 1.68. The minimum Gasteiger partial charge on any atom is -0.394 e. The van der Waals surface area contributed by atoms with E-state index >= 15 is 0 Å². The number of nitrogens with zero attached hydrogens (tertiary/aromatic N) is 1. The molecule has 0 spiro atoms. The van der Waals surface area contributed by atoms with Gasteiger partial charge in [-0.15, -0.1) is 11.3 Å². The smallest absolute Gasteiger partial charge is 0.0794 e. The Morgan fingerprint density at radius 1 is 1.56 bits per heavy atom. The first-order valence-corrected chi connectivity index (χ1v) is 6.98. The molecule has 2 aromatic heterocycles. The van der Waals surface area contributed by atoms with Crippen LogP contribution in [0.2, 0.25) is 0 Å². The van der Waals surface area contributed by atoms with Gasteiger partial charge in [-0.25, -0.2) is 0 Å². The highest BCUT2D eigenvalue weighted by Crippen LogP contribution is 2.26. The highest BCUT2D eigenvalue weighted by Gasteiger charge is 2.20. The van der Waals surface area contributed by atoms with E-state index in [9.17, 15) is 5.11 Å². The van der Waals surface area contributed by atoms with Crippen molar-refractivity contribution in [2.24, 2.45) is 0 Å². The van der Waals surface area contributed by atoms with Gasteiger partial charge in [0.15, 0.2) is 0 Å². The lowest BCUT2D eigenvalue weighted by Gasteiger charge is -2.27. The Balaban J connectivity index is 2.09. The number of aromatic amines is 1. The second-order valence-corrected chi connectivity index (χ2v) is 5.62. The monoisotopic (exact) mass is 265 g/mol. The lowest BCUT2D eigenvalue weighted by atomic mass is 10.00. The van der Waals surface area contributed by atoms with Crippen molar-refractivity contribution < 1.29 is 5.11 Å². The molecule has 0 bridgehead atoms. The predicted molar refractivity (Wildman–Crippen MR) is 74.5 cm³/mol. The first kappa shape index (κ1) is 13.3. The van der Waals surface area contributed by atoms with Gasteiger partial charge in [-0.2, -0.15) is 5.10 Å². The molecule has 1 unspecified atom stereocenters. The van der Waals surface area contributed by atoms with Crippen LogP contribution in [0.5, 0.6) is 0 Å². The van der Waals surface area contributed by atoms with E-state index in [-0.39, 0.29) is 12.1 Å². The first-order chi connectivity index (χ1) is 8.68. The zero-order valence-electron chi connectivity index (χ0n) is 10.7. The van der Waals surface area contributed by atoms with Gasteiger partial charge in [0, 0.05) is 17.6 Å². The van der Waals surface area contributed by atoms with Crippen LogP contribution in [0.25, 0.3) is 10.6 Å². The Hall–Kier alpha value is -1.17. The maximum Gasteiger partial charge on any atom is 0.0794 e. The fourth-order valence-corrected chi connectivity index (χ4v) is 2.44. The van der Waals surface area contributed by atoms with Crippen LogP contribution in [-0.2, 0) is 6.54 Å². The number of rotatable bonds is 6. The molecule has 0 saturated carbocycles. The average Bonchev–Trinajstić information content (AvgIpc) is 3.05. The van der Waals surface area contributed by atoms with Crippen molar-refractivity contribution in [3.63, 3.8) is 0 Å². The summed E-state index contributed by atoms with van der Waals surface area (Å²) in [7, 11) is 0. The van der Waals surface area contributed by atoms with E-state index in [2.05, 4.69) is 33.9 Å². The molecule has 4 nitrogen and oxygen atoms in total. The second kappa shape index (κ2) is 5.65. The molecular weight excluding hydrogens is 246 g/mol. The van der Waals surface area contributed by atoms with E-state index < -0.39 is 0 Å². The van der Waals surface area contributed by atoms with Crippen LogP contribution in [0, 0.1) is 0 Å². The SMILES string of the molecule is CCC(C)(CO)NCc1cn[nH]c1-c1cccs1. The normalized spacial score (nSPS) is 14.6. The molecular formula is C13H19N3OS. The third-order valence-electron chi connectivity index (χ3n) is 3.32. The van der Waals surface area contributed by atoms with Crippen LogP contribution in [0.15, 0.2) is 23.7 Å². The quantitative estimate of drug-likeness (QED) is 0.751. The Kier molecular flexibility index (Phi) is 4.16. The lowest BCUT2D eigenvalue weighted by Crippen LogP contribution is -2.44. The molecule has 0 aliphatic carbocycles. The Morgan fingerprint density at radius 2 is 2.39 bits per heavy atom. The lowest BCUT2D eigenvalue weighted by molar-refractivity contribution is 0.169. The molecule has 3 N–H and O–H groups in total. The zero-order chi connectivity index (χ0) is 13.0. The molecule has 0 aromatic carbocycles. The van der Waals surface area contributed by atoms with E-state index in [0.29, 0.717) is 6.54 Å². The summed E-state index contributed by atoms with van der Waals surface area (Å²) in [5.41, 5.74) is 1.96. The average molecular weight is 265 g/mol. The number of nitrogens with one attached hydrogen (secondary N) is 2. The van der Waals surface area contributed by atoms with Crippen LogP contribution in [0.1, 0.15) is 25.8 Å². The maximum absolute atomic E-state index is 9.38. The van der Waals surface area contributed by atoms with Crippen molar-refractivity contribution in [1.82, 2.24) is 15.5 Å². The summed E-state index contributed by atoms with van der Waals surface area (Å²) in [6, 6.07) is 4.11. The Labute approximate surface area is 111 Å². The third kappa shape index (κ3) is 2.80. The first-order valence-electron chi connectivity index (χ1n) is 6.10. The van der Waals surface area contributed by atoms with Crippen LogP contribution < -0.4 is 5.32 Å². The number of H-pyrrole nitrogens is 1. The van der Waals surface area contributed by atoms with Crippen molar-refractivity contribution in [2.75, 3.05) is 6.61 Å². The summed E-state index contributed by atoms with van der Waals surface area (Å²) in [5.74, 6) is 0. The summed E-state index contributed by atoms with van der Waals surface area (Å²) in [6.45, 7) is 4.93. The van der Waals surface area contributed by atoms with Crippen molar-refractivity contribution in [2.45, 2.75) is 32.4 Å². The Morgan fingerprint density at radius 3 is 3.00 bits per heavy atom. The molecule has 0 aliphatic rings. The zero-order valence-corrected chi connectivity index (χ0v) is 11.5. The molecule has 18 heavy (non-hydrogen) atoms. The molecule has 0 amide bonds. The predicted octanol–water partition coefficient (Wildman–Crippen LogP) is 2.39. The Bertz CT molecular complexity index is 474. The van der Waals surface area contributed by atoms with Gasteiger partial charge in [0.2, 0.25) is 0 Å². The standard InChI is InChI=1S/C13H19N3OS/c1-3-13(2,9-17)14-7-10-8-15-16-12(10)11-5-4-6-18-11/h4-6,8,14,17H,3,7,9H2,1-2H3,(H,15,16). The van der Waals surface area contributed by atoms with E-state index in [1.54, 1.807) is 11.3 Å². The van der Waals surface area contributed by atoms with Gasteiger partial charge < -0.3 is 10.4 Å². The van der Waals surface area contributed by atoms with Crippen LogP contribution in [0.3, 0.4) is 0 Å². The van der Waals surface area contributed by atoms with Crippen LogP contribution >= 0.6 is 11.3 Å². The molecule has 2 aromatic rings. The van der Waals surface area contributed by atoms with Crippen LogP contribution in [0.4, 0.5) is 0 Å². The van der Waals surface area contributed by atoms with Crippen molar-refractivity contribution in [3.8, 4) is 10.6 Å². The number of aliphatic hydroxyl groups excluding tert-OH is 1. The summed E-state index contributed by atoms with van der Waals surface area (Å²) in [4.78, 5) is 1.19. The summed E-state index contributed by atoms with van der Waals surface area (Å²) in [5, 5.41) is 22.0. The second-order valence-electron chi connectivity index (χ2n) is 4.67. The highest BCUT2D eigenvalue weighted by atomic mass is 32.1. The number of thiophene rings is 1. The highest BCUT2D eigenvalue weighted by molar-refractivity contribution is 7.13. The molecule has 0 radical (unpaired) electrons. The van der Waals surface area contributed by atoms with Gasteiger partial charge in [0.25, 0.3) is 0 Å². The summed E-state index contributed by atoms with van der Waals surface area (Å²) < 4.78 is 0. The molecule has 0 saturated heterocycles. The van der Waals surface area contributed by atoms with E-state index in [1.807, 2.05) is 19.2 Å². The van der Waals surface area contributed by atoms with Gasteiger partial charge in [0.1, 0.15) is 0 Å². The van der Waals surface area contributed by atoms with E-state index in [0.717, 1.165) is 17.7 Å². The van der Waals surface area contributed by atoms with E-state index in [1.165, 1.54) is 4.88 Å². The topological polar surface area (TPSA) is 60.9 Å². The minimum absolute atomic E-state index is 0.135. The van der Waals surface area contributed by atoms with E-state index in [4.69, 9.17) is 0 Å². The van der Waals surface area contributed by atoms with Gasteiger partial charge in [-0.3, -0.25) is 5.10 Å². The van der Waals surface area contributed by atoms with Gasteiger partial charge in [-0.1, -0.05) is 13.0 Å². The van der Waals surface area contributed by atoms with Gasteiger partial charge in [-0.05, 0) is 24.8 Å². The van der Waals surface area contributed by atoms with Crippen LogP contribution in [-0.4, -0.2) is 27.4 Å². The summed E-state index contributed by atoms with van der Waals surface area (Å²) >= 11 is 1.69. The van der Waals surface area contributed by atoms with Gasteiger partial charge in [0.05, 0.1) is 23.4 Å². The largest absolute Gasteiger partial charge is 0.394 e. The molecule has 5 heteroatoms. The molecule has 98 valence electrons. The van der Waals surface area contributed by atoms with Gasteiger partial charge >= 0.3 is 0 Å². The van der Waals surface area contributed by atoms with Crippen molar-refractivity contribution in [1.29, 1.82) is 0 Å². The van der Waals surface area contributed by atoms with Crippen molar-refractivity contribution in [3.05, 3.63) is 29.3 Å². The minimum atomic E-state index is -0.232.